The second-order valence-electron chi connectivity index (χ2n) is 5.43. The van der Waals surface area contributed by atoms with Crippen molar-refractivity contribution in [3.8, 4) is 0 Å². The third-order valence-electron chi connectivity index (χ3n) is 4.03. The van der Waals surface area contributed by atoms with E-state index in [4.69, 9.17) is 4.42 Å². The van der Waals surface area contributed by atoms with Crippen molar-refractivity contribution in [2.75, 3.05) is 0 Å². The average Bonchev–Trinajstić information content (AvgIpc) is 3.20. The van der Waals surface area contributed by atoms with Crippen molar-refractivity contribution in [1.82, 2.24) is 14.7 Å². The molecule has 5 nitrogen and oxygen atoms in total. The summed E-state index contributed by atoms with van der Waals surface area (Å²) in [5.41, 5.74) is 3.52. The minimum Gasteiger partial charge on any atom is -0.451 e. The summed E-state index contributed by atoms with van der Waals surface area (Å²) >= 11 is 1.58. The van der Waals surface area contributed by atoms with Gasteiger partial charge in [0.25, 0.3) is 5.91 Å². The molecule has 0 radical (unpaired) electrons. The molecule has 1 N–H and O–H groups in total. The first-order valence-electron chi connectivity index (χ1n) is 7.32. The first-order valence-corrected chi connectivity index (χ1v) is 8.20. The van der Waals surface area contributed by atoms with Gasteiger partial charge < -0.3 is 9.73 Å². The standard InChI is InChI=1S/C17H15N3O2S/c1-10-12-5-3-4-6-14(12)22-15(10)16(21)18-9-13-11(2)19-17-20(13)7-8-23-17/h3-8H,9H2,1-2H3,(H,18,21). The van der Waals surface area contributed by atoms with Gasteiger partial charge in [0.1, 0.15) is 5.58 Å². The normalized spacial score (nSPS) is 11.4. The Morgan fingerprint density at radius 2 is 2.17 bits per heavy atom. The van der Waals surface area contributed by atoms with Crippen molar-refractivity contribution in [1.29, 1.82) is 0 Å². The number of nitrogens with zero attached hydrogens (tertiary/aromatic N) is 2. The van der Waals surface area contributed by atoms with Crippen LogP contribution in [0.25, 0.3) is 15.9 Å². The van der Waals surface area contributed by atoms with Crippen LogP contribution in [0.15, 0.2) is 40.3 Å². The Morgan fingerprint density at radius 3 is 3.00 bits per heavy atom. The van der Waals surface area contributed by atoms with Gasteiger partial charge in [0.05, 0.1) is 17.9 Å². The fourth-order valence-electron chi connectivity index (χ4n) is 2.79. The zero-order chi connectivity index (χ0) is 16.0. The maximum absolute atomic E-state index is 12.5. The number of para-hydroxylation sites is 1. The number of nitrogens with one attached hydrogen (secondary N) is 1. The van der Waals surface area contributed by atoms with Gasteiger partial charge in [0, 0.05) is 22.5 Å². The number of amides is 1. The number of hydrogen-bond acceptors (Lipinski definition) is 4. The zero-order valence-electron chi connectivity index (χ0n) is 12.8. The van der Waals surface area contributed by atoms with Gasteiger partial charge in [-0.1, -0.05) is 18.2 Å². The van der Waals surface area contributed by atoms with Crippen LogP contribution in [0, 0.1) is 13.8 Å². The van der Waals surface area contributed by atoms with Crippen LogP contribution in [0.1, 0.15) is 27.5 Å². The van der Waals surface area contributed by atoms with E-state index in [0.29, 0.717) is 12.3 Å². The fraction of sp³-hybridized carbons (Fsp3) is 0.176. The Hall–Kier alpha value is -2.60. The second-order valence-corrected chi connectivity index (χ2v) is 6.31. The molecule has 1 aromatic carbocycles. The van der Waals surface area contributed by atoms with Gasteiger partial charge in [-0.2, -0.15) is 0 Å². The van der Waals surface area contributed by atoms with Crippen molar-refractivity contribution >= 4 is 33.2 Å². The summed E-state index contributed by atoms with van der Waals surface area (Å²) < 4.78 is 7.71. The molecule has 0 atom stereocenters. The number of aromatic nitrogens is 2. The SMILES string of the molecule is Cc1nc2sccn2c1CNC(=O)c1oc2ccccc2c1C. The quantitative estimate of drug-likeness (QED) is 0.625. The Morgan fingerprint density at radius 1 is 1.35 bits per heavy atom. The molecule has 0 spiro atoms. The van der Waals surface area contributed by atoms with E-state index >= 15 is 0 Å². The number of aryl methyl sites for hydroxylation is 2. The number of hydrogen-bond donors (Lipinski definition) is 1. The van der Waals surface area contributed by atoms with E-state index < -0.39 is 0 Å². The first kappa shape index (κ1) is 14.0. The molecular weight excluding hydrogens is 310 g/mol. The summed E-state index contributed by atoms with van der Waals surface area (Å²) in [6.07, 6.45) is 1.97. The van der Waals surface area contributed by atoms with E-state index in [0.717, 1.165) is 32.9 Å². The smallest absolute Gasteiger partial charge is 0.287 e. The number of rotatable bonds is 3. The highest BCUT2D eigenvalue weighted by molar-refractivity contribution is 7.15. The molecule has 0 aliphatic rings. The lowest BCUT2D eigenvalue weighted by Gasteiger charge is -2.04. The van der Waals surface area contributed by atoms with E-state index in [1.54, 1.807) is 11.3 Å². The summed E-state index contributed by atoms with van der Waals surface area (Å²) in [4.78, 5) is 17.9. The molecule has 0 aliphatic heterocycles. The molecule has 0 aliphatic carbocycles. The minimum atomic E-state index is -0.205. The zero-order valence-corrected chi connectivity index (χ0v) is 13.6. The number of furan rings is 1. The Labute approximate surface area is 136 Å². The molecule has 6 heteroatoms. The highest BCUT2D eigenvalue weighted by atomic mass is 32.1. The van der Waals surface area contributed by atoms with Crippen LogP contribution in [0.4, 0.5) is 0 Å². The van der Waals surface area contributed by atoms with Crippen molar-refractivity contribution < 1.29 is 9.21 Å². The molecule has 116 valence electrons. The molecule has 1 amide bonds. The van der Waals surface area contributed by atoms with Crippen molar-refractivity contribution in [3.05, 3.63) is 58.6 Å². The summed E-state index contributed by atoms with van der Waals surface area (Å²) in [7, 11) is 0. The van der Waals surface area contributed by atoms with Gasteiger partial charge in [-0.05, 0) is 19.9 Å². The Kier molecular flexibility index (Phi) is 3.20. The van der Waals surface area contributed by atoms with E-state index in [2.05, 4.69) is 10.3 Å². The largest absolute Gasteiger partial charge is 0.451 e. The third kappa shape index (κ3) is 2.22. The summed E-state index contributed by atoms with van der Waals surface area (Å²) in [6.45, 7) is 4.27. The van der Waals surface area contributed by atoms with E-state index in [1.165, 1.54) is 0 Å². The van der Waals surface area contributed by atoms with Gasteiger partial charge in [-0.15, -0.1) is 11.3 Å². The van der Waals surface area contributed by atoms with Gasteiger partial charge in [-0.25, -0.2) is 4.98 Å². The van der Waals surface area contributed by atoms with Crippen molar-refractivity contribution in [2.24, 2.45) is 0 Å². The van der Waals surface area contributed by atoms with Gasteiger partial charge in [0.15, 0.2) is 10.7 Å². The van der Waals surface area contributed by atoms with Crippen LogP contribution in [0.2, 0.25) is 0 Å². The summed E-state index contributed by atoms with van der Waals surface area (Å²) in [5.74, 6) is 0.165. The van der Waals surface area contributed by atoms with Crippen LogP contribution in [-0.2, 0) is 6.54 Å². The third-order valence-corrected chi connectivity index (χ3v) is 4.78. The summed E-state index contributed by atoms with van der Waals surface area (Å²) in [5, 5.41) is 5.89. The molecule has 0 saturated carbocycles. The lowest BCUT2D eigenvalue weighted by Crippen LogP contribution is -2.24. The Balaban J connectivity index is 1.61. The molecule has 23 heavy (non-hydrogen) atoms. The van der Waals surface area contributed by atoms with Gasteiger partial charge >= 0.3 is 0 Å². The van der Waals surface area contributed by atoms with Crippen molar-refractivity contribution in [2.45, 2.75) is 20.4 Å². The van der Waals surface area contributed by atoms with Crippen LogP contribution >= 0.6 is 11.3 Å². The topological polar surface area (TPSA) is 59.5 Å². The van der Waals surface area contributed by atoms with Gasteiger partial charge in [-0.3, -0.25) is 9.20 Å². The van der Waals surface area contributed by atoms with Crippen LogP contribution in [-0.4, -0.2) is 15.3 Å². The van der Waals surface area contributed by atoms with Gasteiger partial charge in [0.2, 0.25) is 0 Å². The summed E-state index contributed by atoms with van der Waals surface area (Å²) in [6, 6.07) is 7.67. The fourth-order valence-corrected chi connectivity index (χ4v) is 3.57. The molecule has 4 rings (SSSR count). The monoisotopic (exact) mass is 325 g/mol. The Bertz CT molecular complexity index is 1030. The second kappa shape index (κ2) is 5.24. The van der Waals surface area contributed by atoms with E-state index in [9.17, 15) is 4.79 Å². The lowest BCUT2D eigenvalue weighted by molar-refractivity contribution is 0.0924. The number of benzene rings is 1. The van der Waals surface area contributed by atoms with E-state index in [1.807, 2.05) is 54.1 Å². The number of carbonyl (C=O) groups is 1. The number of carbonyl (C=O) groups excluding carboxylic acids is 1. The average molecular weight is 325 g/mol. The lowest BCUT2D eigenvalue weighted by atomic mass is 10.1. The van der Waals surface area contributed by atoms with Crippen LogP contribution in [0.5, 0.6) is 0 Å². The molecule has 0 unspecified atom stereocenters. The maximum atomic E-state index is 12.5. The first-order chi connectivity index (χ1) is 11.1. The predicted octanol–water partition coefficient (Wildman–Crippen LogP) is 3.69. The molecule has 3 heterocycles. The molecule has 0 fully saturated rings. The van der Waals surface area contributed by atoms with E-state index in [-0.39, 0.29) is 5.91 Å². The number of fused-ring (bicyclic) bond motifs is 2. The minimum absolute atomic E-state index is 0.205. The van der Waals surface area contributed by atoms with Crippen LogP contribution < -0.4 is 5.32 Å². The molecule has 0 saturated heterocycles. The van der Waals surface area contributed by atoms with Crippen LogP contribution in [0.3, 0.4) is 0 Å². The molecule has 0 bridgehead atoms. The highest BCUT2D eigenvalue weighted by Crippen LogP contribution is 2.25. The number of imidazole rings is 1. The maximum Gasteiger partial charge on any atom is 0.287 e. The molecule has 4 aromatic rings. The molecular formula is C17H15N3O2S. The molecule has 3 aromatic heterocycles. The number of thiazole rings is 1. The predicted molar refractivity (Wildman–Crippen MR) is 89.9 cm³/mol. The van der Waals surface area contributed by atoms with Crippen molar-refractivity contribution in [3.63, 3.8) is 0 Å². The highest BCUT2D eigenvalue weighted by Gasteiger charge is 2.18.